The van der Waals surface area contributed by atoms with Gasteiger partial charge in [-0.25, -0.2) is 0 Å². The summed E-state index contributed by atoms with van der Waals surface area (Å²) in [6.07, 6.45) is 90.1. The minimum absolute atomic E-state index is 0.156. The van der Waals surface area contributed by atoms with E-state index in [1.807, 2.05) is 24.3 Å². The lowest BCUT2D eigenvalue weighted by Gasteiger charge is -2.18. The zero-order valence-electron chi connectivity index (χ0n) is 45.8. The van der Waals surface area contributed by atoms with E-state index in [1.54, 1.807) is 0 Å². The van der Waals surface area contributed by atoms with Gasteiger partial charge >= 0.3 is 17.9 Å². The van der Waals surface area contributed by atoms with Crippen molar-refractivity contribution < 1.29 is 28.6 Å². The van der Waals surface area contributed by atoms with Crippen LogP contribution in [0, 0.1) is 0 Å². The standard InChI is InChI=1S/C67H98O6/c1-4-7-10-13-16-19-22-25-28-31-33-36-39-42-45-48-51-54-57-60-66(69)72-63-64(62-71-65(68)59-56-53-50-47-44-41-38-35-30-27-24-21-18-15-12-9-6-3)73-67(70)61-58-55-52-49-46-43-40-37-34-32-29-26-23-20-17-14-11-8-5-2/h7-12,16-21,25-30,33-34,36-38,41-43,45-46,51-52,54-55,64H,4-6,13-15,22-24,31-32,35,39-40,44,47-50,53,56-63H2,1-3H3/b10-7-,11-8-,12-9-,19-16-,20-17-,21-18-,28-25-,29-26-,30-27-,36-33-,37-34-,41-38-,45-42-,46-43-,54-51-,55-52-. The van der Waals surface area contributed by atoms with E-state index in [4.69, 9.17) is 14.2 Å². The van der Waals surface area contributed by atoms with Gasteiger partial charge in [-0.05, 0) is 135 Å². The lowest BCUT2D eigenvalue weighted by molar-refractivity contribution is -0.166. The highest BCUT2D eigenvalue weighted by Gasteiger charge is 2.19. The largest absolute Gasteiger partial charge is 0.462 e. The van der Waals surface area contributed by atoms with Crippen LogP contribution >= 0.6 is 0 Å². The minimum Gasteiger partial charge on any atom is -0.462 e. The van der Waals surface area contributed by atoms with Gasteiger partial charge < -0.3 is 14.2 Å². The fourth-order valence-electron chi connectivity index (χ4n) is 6.54. The molecule has 0 saturated heterocycles. The first-order valence-corrected chi connectivity index (χ1v) is 27.9. The van der Waals surface area contributed by atoms with Crippen molar-refractivity contribution in [3.63, 3.8) is 0 Å². The molecule has 0 amide bonds. The van der Waals surface area contributed by atoms with E-state index in [2.05, 4.69) is 191 Å². The van der Waals surface area contributed by atoms with Gasteiger partial charge in [0.15, 0.2) is 6.10 Å². The fourth-order valence-corrected chi connectivity index (χ4v) is 6.54. The van der Waals surface area contributed by atoms with Crippen molar-refractivity contribution in [3.05, 3.63) is 194 Å². The van der Waals surface area contributed by atoms with Gasteiger partial charge in [-0.3, -0.25) is 14.4 Å². The number of hydrogen-bond donors (Lipinski definition) is 0. The van der Waals surface area contributed by atoms with Gasteiger partial charge in [0.05, 0.1) is 0 Å². The molecule has 402 valence electrons. The summed E-state index contributed by atoms with van der Waals surface area (Å²) in [5, 5.41) is 0. The molecule has 73 heavy (non-hydrogen) atoms. The van der Waals surface area contributed by atoms with Crippen molar-refractivity contribution in [3.8, 4) is 0 Å². The molecule has 0 aliphatic heterocycles. The average Bonchev–Trinajstić information content (AvgIpc) is 3.39. The van der Waals surface area contributed by atoms with E-state index in [-0.39, 0.29) is 32.0 Å². The van der Waals surface area contributed by atoms with Gasteiger partial charge in [-0.15, -0.1) is 0 Å². The van der Waals surface area contributed by atoms with E-state index in [9.17, 15) is 14.4 Å². The van der Waals surface area contributed by atoms with Crippen molar-refractivity contribution in [2.75, 3.05) is 13.2 Å². The van der Waals surface area contributed by atoms with Gasteiger partial charge in [0.25, 0.3) is 0 Å². The summed E-state index contributed by atoms with van der Waals surface area (Å²) >= 11 is 0. The Morgan fingerprint density at radius 3 is 0.836 bits per heavy atom. The maximum atomic E-state index is 12.8. The molecule has 0 rings (SSSR count). The number of ether oxygens (including phenoxy) is 3. The number of allylic oxidation sites excluding steroid dienone is 32. The maximum Gasteiger partial charge on any atom is 0.306 e. The average molecular weight is 1000 g/mol. The molecule has 0 aliphatic rings. The number of hydrogen-bond acceptors (Lipinski definition) is 6. The van der Waals surface area contributed by atoms with Crippen molar-refractivity contribution in [1.82, 2.24) is 0 Å². The molecule has 0 aromatic rings. The first kappa shape index (κ1) is 67.2. The normalized spacial score (nSPS) is 13.6. The third kappa shape index (κ3) is 57.0. The molecular weight excluding hydrogens is 901 g/mol. The lowest BCUT2D eigenvalue weighted by atomic mass is 10.1. The van der Waals surface area contributed by atoms with Crippen molar-refractivity contribution in [2.45, 2.75) is 194 Å². The molecule has 0 N–H and O–H groups in total. The predicted molar refractivity (Wildman–Crippen MR) is 315 cm³/mol. The van der Waals surface area contributed by atoms with Crippen LogP contribution in [0.3, 0.4) is 0 Å². The summed E-state index contributed by atoms with van der Waals surface area (Å²) in [4.78, 5) is 38.1. The van der Waals surface area contributed by atoms with Crippen LogP contribution in [-0.2, 0) is 28.6 Å². The zero-order chi connectivity index (χ0) is 52.9. The Morgan fingerprint density at radius 2 is 0.521 bits per heavy atom. The highest BCUT2D eigenvalue weighted by atomic mass is 16.6. The van der Waals surface area contributed by atoms with E-state index in [0.717, 1.165) is 135 Å². The van der Waals surface area contributed by atoms with Crippen LogP contribution in [0.1, 0.15) is 188 Å². The Balaban J connectivity index is 4.71. The van der Waals surface area contributed by atoms with Crippen molar-refractivity contribution in [1.29, 1.82) is 0 Å². The van der Waals surface area contributed by atoms with Crippen LogP contribution in [0.4, 0.5) is 0 Å². The summed E-state index contributed by atoms with van der Waals surface area (Å²) < 4.78 is 16.7. The molecule has 0 heterocycles. The monoisotopic (exact) mass is 999 g/mol. The predicted octanol–water partition coefficient (Wildman–Crippen LogP) is 19.1. The number of unbranched alkanes of at least 4 members (excludes halogenated alkanes) is 4. The molecule has 0 bridgehead atoms. The third-order valence-corrected chi connectivity index (χ3v) is 10.6. The molecular formula is C67H98O6. The summed E-state index contributed by atoms with van der Waals surface area (Å²) in [6.45, 7) is 6.12. The second kappa shape index (κ2) is 58.8. The smallest absolute Gasteiger partial charge is 0.306 e. The van der Waals surface area contributed by atoms with Gasteiger partial charge in [-0.2, -0.15) is 0 Å². The lowest BCUT2D eigenvalue weighted by Crippen LogP contribution is -2.30. The molecule has 0 aromatic heterocycles. The van der Waals surface area contributed by atoms with Crippen LogP contribution in [0.25, 0.3) is 0 Å². The molecule has 6 nitrogen and oxygen atoms in total. The zero-order valence-corrected chi connectivity index (χ0v) is 45.8. The van der Waals surface area contributed by atoms with Gasteiger partial charge in [0.1, 0.15) is 13.2 Å². The SMILES string of the molecule is CC/C=C\C/C=C\C/C=C\C/C=C\C/C=C\C/C=C\CCC(=O)OCC(COC(=O)CCCCCC/C=C\C/C=C\C/C=C\C/C=C\CC)OC(=O)CC/C=C\C/C=C\C/C=C\C/C=C\C/C=C\C/C=C\CC. The van der Waals surface area contributed by atoms with Gasteiger partial charge in [0, 0.05) is 19.3 Å². The Bertz CT molecular complexity index is 1810. The molecule has 0 spiro atoms. The van der Waals surface area contributed by atoms with E-state index in [1.165, 1.54) is 0 Å². The molecule has 6 heteroatoms. The summed E-state index contributed by atoms with van der Waals surface area (Å²) in [5.74, 6) is -1.17. The molecule has 0 aliphatic carbocycles. The minimum atomic E-state index is -0.873. The molecule has 0 saturated carbocycles. The summed E-state index contributed by atoms with van der Waals surface area (Å²) in [5.41, 5.74) is 0. The second-order valence-electron chi connectivity index (χ2n) is 17.3. The Labute approximate surface area is 446 Å². The van der Waals surface area contributed by atoms with E-state index >= 15 is 0 Å². The first-order chi connectivity index (χ1) is 36.0. The van der Waals surface area contributed by atoms with Crippen molar-refractivity contribution >= 4 is 17.9 Å². The third-order valence-electron chi connectivity index (χ3n) is 10.6. The van der Waals surface area contributed by atoms with Crippen LogP contribution in [0.15, 0.2) is 194 Å². The van der Waals surface area contributed by atoms with E-state index < -0.39 is 18.0 Å². The number of carbonyl (C=O) groups excluding carboxylic acids is 3. The number of carbonyl (C=O) groups is 3. The summed E-state index contributed by atoms with van der Waals surface area (Å²) in [7, 11) is 0. The molecule has 1 atom stereocenters. The molecule has 1 unspecified atom stereocenters. The highest BCUT2D eigenvalue weighted by molar-refractivity contribution is 5.71. The van der Waals surface area contributed by atoms with E-state index in [0.29, 0.717) is 19.3 Å². The number of esters is 3. The van der Waals surface area contributed by atoms with Crippen LogP contribution in [0.5, 0.6) is 0 Å². The number of rotatable bonds is 47. The maximum absolute atomic E-state index is 12.8. The second-order valence-corrected chi connectivity index (χ2v) is 17.3. The molecule has 0 aromatic carbocycles. The highest BCUT2D eigenvalue weighted by Crippen LogP contribution is 2.10. The first-order valence-electron chi connectivity index (χ1n) is 27.9. The van der Waals surface area contributed by atoms with Gasteiger partial charge in [-0.1, -0.05) is 228 Å². The Morgan fingerprint density at radius 1 is 0.274 bits per heavy atom. The molecule has 0 radical (unpaired) electrons. The summed E-state index contributed by atoms with van der Waals surface area (Å²) in [6, 6.07) is 0. The Hall–Kier alpha value is -5.75. The topological polar surface area (TPSA) is 78.9 Å². The van der Waals surface area contributed by atoms with Crippen LogP contribution in [0.2, 0.25) is 0 Å². The van der Waals surface area contributed by atoms with Crippen molar-refractivity contribution in [2.24, 2.45) is 0 Å². The molecule has 0 fully saturated rings. The fraction of sp³-hybridized carbons (Fsp3) is 0.478. The quantitative estimate of drug-likeness (QED) is 0.0262. The van der Waals surface area contributed by atoms with Crippen LogP contribution < -0.4 is 0 Å². The van der Waals surface area contributed by atoms with Crippen LogP contribution in [-0.4, -0.2) is 37.2 Å². The Kier molecular flexibility index (Phi) is 54.2. The van der Waals surface area contributed by atoms with Gasteiger partial charge in [0.2, 0.25) is 0 Å².